The monoisotopic (exact) mass is 250 g/mol. The van der Waals surface area contributed by atoms with Crippen molar-refractivity contribution in [2.45, 2.75) is 38.6 Å². The van der Waals surface area contributed by atoms with Gasteiger partial charge < -0.3 is 10.6 Å². The number of hydrogen-bond acceptors (Lipinski definition) is 2. The molecule has 1 aromatic rings. The quantitative estimate of drug-likeness (QED) is 0.820. The number of hydrogen-bond donors (Lipinski definition) is 1. The highest BCUT2D eigenvalue weighted by Gasteiger charge is 2.24. The highest BCUT2D eigenvalue weighted by Crippen LogP contribution is 2.25. The van der Waals surface area contributed by atoms with E-state index < -0.39 is 5.82 Å². The Morgan fingerprint density at radius 1 is 1.39 bits per heavy atom. The van der Waals surface area contributed by atoms with E-state index in [1.54, 1.807) is 24.9 Å². The minimum Gasteiger partial charge on any atom is -0.398 e. The number of carbonyl (C=O) groups excluding carboxylic acids is 1. The first-order valence-electron chi connectivity index (χ1n) is 6.33. The van der Waals surface area contributed by atoms with Gasteiger partial charge in [0.15, 0.2) is 0 Å². The first-order chi connectivity index (χ1) is 8.50. The third-order valence-corrected chi connectivity index (χ3v) is 3.82. The van der Waals surface area contributed by atoms with E-state index in [0.717, 1.165) is 25.7 Å². The van der Waals surface area contributed by atoms with Crippen LogP contribution in [-0.2, 0) is 0 Å². The molecule has 0 aromatic heterocycles. The molecule has 1 saturated carbocycles. The summed E-state index contributed by atoms with van der Waals surface area (Å²) in [6.07, 6.45) is 4.39. The molecule has 1 aliphatic carbocycles. The van der Waals surface area contributed by atoms with Crippen LogP contribution in [0.1, 0.15) is 41.6 Å². The average Bonchev–Trinajstić information content (AvgIpc) is 2.87. The molecule has 2 N–H and O–H groups in total. The second-order valence-electron chi connectivity index (χ2n) is 5.03. The number of nitrogens with two attached hydrogens (primary N) is 1. The van der Waals surface area contributed by atoms with Gasteiger partial charge in [-0.15, -0.1) is 0 Å². The van der Waals surface area contributed by atoms with Gasteiger partial charge in [-0.3, -0.25) is 4.79 Å². The normalized spacial score (nSPS) is 15.9. The van der Waals surface area contributed by atoms with E-state index in [-0.39, 0.29) is 11.9 Å². The van der Waals surface area contributed by atoms with Crippen molar-refractivity contribution in [3.63, 3.8) is 0 Å². The van der Waals surface area contributed by atoms with Gasteiger partial charge in [-0.2, -0.15) is 0 Å². The molecule has 0 atom stereocenters. The van der Waals surface area contributed by atoms with E-state index in [2.05, 4.69) is 0 Å². The second kappa shape index (κ2) is 4.96. The first kappa shape index (κ1) is 12.9. The van der Waals surface area contributed by atoms with Crippen molar-refractivity contribution in [1.29, 1.82) is 0 Å². The van der Waals surface area contributed by atoms with Crippen molar-refractivity contribution >= 4 is 11.6 Å². The van der Waals surface area contributed by atoms with Crippen molar-refractivity contribution in [2.75, 3.05) is 12.8 Å². The predicted octanol–water partition coefficient (Wildman–Crippen LogP) is 2.73. The van der Waals surface area contributed by atoms with Gasteiger partial charge in [0, 0.05) is 29.9 Å². The lowest BCUT2D eigenvalue weighted by atomic mass is 10.1. The summed E-state index contributed by atoms with van der Waals surface area (Å²) < 4.78 is 13.6. The molecule has 0 aliphatic heterocycles. The van der Waals surface area contributed by atoms with Crippen LogP contribution in [0.3, 0.4) is 0 Å². The fourth-order valence-corrected chi connectivity index (χ4v) is 2.48. The predicted molar refractivity (Wildman–Crippen MR) is 69.9 cm³/mol. The molecule has 1 aliphatic rings. The molecule has 1 fully saturated rings. The SMILES string of the molecule is Cc1c(N)cc(C(=O)N(C)C2CCCC2)cc1F. The van der Waals surface area contributed by atoms with Crippen LogP contribution in [-0.4, -0.2) is 23.9 Å². The number of nitrogen functional groups attached to an aromatic ring is 1. The van der Waals surface area contributed by atoms with E-state index in [0.29, 0.717) is 16.8 Å². The molecule has 0 saturated heterocycles. The number of amides is 1. The van der Waals surface area contributed by atoms with Crippen LogP contribution in [0.2, 0.25) is 0 Å². The Morgan fingerprint density at radius 2 is 2.00 bits per heavy atom. The summed E-state index contributed by atoms with van der Waals surface area (Å²) in [6.45, 7) is 1.61. The fourth-order valence-electron chi connectivity index (χ4n) is 2.48. The highest BCUT2D eigenvalue weighted by atomic mass is 19.1. The van der Waals surface area contributed by atoms with Crippen LogP contribution >= 0.6 is 0 Å². The van der Waals surface area contributed by atoms with Crippen LogP contribution < -0.4 is 5.73 Å². The largest absolute Gasteiger partial charge is 0.398 e. The average molecular weight is 250 g/mol. The van der Waals surface area contributed by atoms with Crippen LogP contribution in [0.15, 0.2) is 12.1 Å². The summed E-state index contributed by atoms with van der Waals surface area (Å²) in [6, 6.07) is 3.12. The highest BCUT2D eigenvalue weighted by molar-refractivity contribution is 5.95. The summed E-state index contributed by atoms with van der Waals surface area (Å²) >= 11 is 0. The molecule has 0 heterocycles. The second-order valence-corrected chi connectivity index (χ2v) is 5.03. The summed E-state index contributed by atoms with van der Waals surface area (Å²) in [7, 11) is 1.78. The third-order valence-electron chi connectivity index (χ3n) is 3.82. The molecule has 0 radical (unpaired) electrons. The lowest BCUT2D eigenvalue weighted by Gasteiger charge is -2.24. The van der Waals surface area contributed by atoms with Crippen LogP contribution in [0.4, 0.5) is 10.1 Å². The topological polar surface area (TPSA) is 46.3 Å². The van der Waals surface area contributed by atoms with Crippen molar-refractivity contribution < 1.29 is 9.18 Å². The zero-order valence-corrected chi connectivity index (χ0v) is 10.9. The molecular weight excluding hydrogens is 231 g/mol. The van der Waals surface area contributed by atoms with Gasteiger partial charge >= 0.3 is 0 Å². The number of rotatable bonds is 2. The summed E-state index contributed by atoms with van der Waals surface area (Å²) in [4.78, 5) is 14.0. The van der Waals surface area contributed by atoms with Crippen molar-refractivity contribution in [1.82, 2.24) is 4.90 Å². The van der Waals surface area contributed by atoms with Gasteiger partial charge in [0.05, 0.1) is 0 Å². The number of benzene rings is 1. The Labute approximate surface area is 107 Å². The minimum atomic E-state index is -0.418. The molecule has 1 amide bonds. The van der Waals surface area contributed by atoms with Gasteiger partial charge in [-0.05, 0) is 31.9 Å². The number of nitrogens with zero attached hydrogens (tertiary/aromatic N) is 1. The Kier molecular flexibility index (Phi) is 3.55. The Morgan fingerprint density at radius 3 is 2.56 bits per heavy atom. The fraction of sp³-hybridized carbons (Fsp3) is 0.500. The Balaban J connectivity index is 2.22. The van der Waals surface area contributed by atoms with Crippen LogP contribution in [0.5, 0.6) is 0 Å². The van der Waals surface area contributed by atoms with Crippen molar-refractivity contribution in [2.24, 2.45) is 0 Å². The number of carbonyl (C=O) groups is 1. The van der Waals surface area contributed by atoms with Gasteiger partial charge in [0.1, 0.15) is 5.82 Å². The minimum absolute atomic E-state index is 0.146. The molecule has 3 nitrogen and oxygen atoms in total. The third kappa shape index (κ3) is 2.33. The standard InChI is InChI=1S/C14H19FN2O/c1-9-12(15)7-10(8-13(9)16)14(18)17(2)11-5-3-4-6-11/h7-8,11H,3-6,16H2,1-2H3. The Hall–Kier alpha value is -1.58. The van der Waals surface area contributed by atoms with Crippen molar-refractivity contribution in [3.8, 4) is 0 Å². The maximum atomic E-state index is 13.6. The van der Waals surface area contributed by atoms with E-state index in [1.807, 2.05) is 0 Å². The molecular formula is C14H19FN2O. The lowest BCUT2D eigenvalue weighted by molar-refractivity contribution is 0.0734. The summed E-state index contributed by atoms with van der Waals surface area (Å²) in [5.74, 6) is -0.564. The van der Waals surface area contributed by atoms with Gasteiger partial charge in [-0.25, -0.2) is 4.39 Å². The van der Waals surface area contributed by atoms with Crippen molar-refractivity contribution in [3.05, 3.63) is 29.1 Å². The van der Waals surface area contributed by atoms with Gasteiger partial charge in [-0.1, -0.05) is 12.8 Å². The van der Waals surface area contributed by atoms with E-state index in [4.69, 9.17) is 5.73 Å². The van der Waals surface area contributed by atoms with E-state index in [9.17, 15) is 9.18 Å². The molecule has 4 heteroatoms. The smallest absolute Gasteiger partial charge is 0.254 e. The zero-order valence-electron chi connectivity index (χ0n) is 10.9. The van der Waals surface area contributed by atoms with Crippen LogP contribution in [0, 0.1) is 12.7 Å². The molecule has 0 unspecified atom stereocenters. The molecule has 0 bridgehead atoms. The Bertz CT molecular complexity index is 444. The zero-order chi connectivity index (χ0) is 13.3. The lowest BCUT2D eigenvalue weighted by Crippen LogP contribution is -2.35. The maximum Gasteiger partial charge on any atom is 0.254 e. The maximum absolute atomic E-state index is 13.6. The summed E-state index contributed by atoms with van der Waals surface area (Å²) in [5.41, 5.74) is 6.77. The molecule has 98 valence electrons. The number of anilines is 1. The van der Waals surface area contributed by atoms with E-state index >= 15 is 0 Å². The van der Waals surface area contributed by atoms with E-state index in [1.165, 1.54) is 6.07 Å². The summed E-state index contributed by atoms with van der Waals surface area (Å²) in [5, 5.41) is 0. The first-order valence-corrected chi connectivity index (χ1v) is 6.33. The molecule has 2 rings (SSSR count). The van der Waals surface area contributed by atoms with Gasteiger partial charge in [0.2, 0.25) is 0 Å². The van der Waals surface area contributed by atoms with Gasteiger partial charge in [0.25, 0.3) is 5.91 Å². The molecule has 18 heavy (non-hydrogen) atoms. The molecule has 1 aromatic carbocycles. The van der Waals surface area contributed by atoms with Crippen LogP contribution in [0.25, 0.3) is 0 Å². The molecule has 0 spiro atoms. The number of halogens is 1.